The van der Waals surface area contributed by atoms with Crippen LogP contribution in [0, 0.1) is 0 Å². The molecule has 4 heteroatoms. The van der Waals surface area contributed by atoms with E-state index in [1.54, 1.807) is 11.8 Å². The molecule has 0 heterocycles. The lowest BCUT2D eigenvalue weighted by Crippen LogP contribution is -2.31. The molecule has 1 N–H and O–H groups in total. The molecule has 0 unspecified atom stereocenters. The number of thioether (sulfide) groups is 1. The number of nitrogens with one attached hydrogen (secondary N) is 1. The van der Waals surface area contributed by atoms with Crippen molar-refractivity contribution >= 4 is 17.7 Å². The Morgan fingerprint density at radius 3 is 2.45 bits per heavy atom. The largest absolute Gasteiger partial charge is 0.351 e. The van der Waals surface area contributed by atoms with E-state index in [1.807, 2.05) is 56.6 Å². The van der Waals surface area contributed by atoms with Crippen molar-refractivity contribution in [2.45, 2.75) is 10.6 Å². The van der Waals surface area contributed by atoms with E-state index in [2.05, 4.69) is 22.3 Å². The fourth-order valence-corrected chi connectivity index (χ4v) is 3.01. The lowest BCUT2D eigenvalue weighted by atomic mass is 10.2. The van der Waals surface area contributed by atoms with E-state index in [9.17, 15) is 4.79 Å². The van der Waals surface area contributed by atoms with Gasteiger partial charge in [0.15, 0.2) is 0 Å². The summed E-state index contributed by atoms with van der Waals surface area (Å²) < 4.78 is 0. The number of likely N-dealkylation sites (N-methyl/N-ethyl adjacent to an activating group) is 1. The monoisotopic (exact) mass is 314 g/mol. The van der Waals surface area contributed by atoms with E-state index in [0.717, 1.165) is 22.8 Å². The first-order valence-electron chi connectivity index (χ1n) is 7.35. The third-order valence-electron chi connectivity index (χ3n) is 3.21. The fraction of sp³-hybridized carbons (Fsp3) is 0.278. The van der Waals surface area contributed by atoms with E-state index in [1.165, 1.54) is 5.56 Å². The van der Waals surface area contributed by atoms with Gasteiger partial charge in [0.1, 0.15) is 0 Å². The van der Waals surface area contributed by atoms with Gasteiger partial charge in [-0.05, 0) is 31.8 Å². The topological polar surface area (TPSA) is 32.3 Å². The molecule has 0 aromatic heterocycles. The minimum absolute atomic E-state index is 0.00184. The summed E-state index contributed by atoms with van der Waals surface area (Å²) in [5, 5.41) is 2.97. The number of hydrogen-bond acceptors (Lipinski definition) is 3. The molecule has 0 fully saturated rings. The predicted octanol–water partition coefficient (Wildman–Crippen LogP) is 3.27. The van der Waals surface area contributed by atoms with Gasteiger partial charge in [-0.2, -0.15) is 0 Å². The van der Waals surface area contributed by atoms with Gasteiger partial charge in [-0.1, -0.05) is 42.5 Å². The van der Waals surface area contributed by atoms with Crippen LogP contribution in [0.4, 0.5) is 0 Å². The van der Waals surface area contributed by atoms with Gasteiger partial charge in [0, 0.05) is 23.7 Å². The average Bonchev–Trinajstić information content (AvgIpc) is 2.54. The average molecular weight is 314 g/mol. The molecule has 0 radical (unpaired) electrons. The Morgan fingerprint density at radius 1 is 1.05 bits per heavy atom. The van der Waals surface area contributed by atoms with Crippen molar-refractivity contribution in [1.29, 1.82) is 0 Å². The van der Waals surface area contributed by atoms with Crippen LogP contribution in [0.2, 0.25) is 0 Å². The quantitative estimate of drug-likeness (QED) is 0.796. The molecule has 0 aliphatic rings. The normalized spacial score (nSPS) is 10.7. The first-order chi connectivity index (χ1) is 10.7. The van der Waals surface area contributed by atoms with E-state index in [-0.39, 0.29) is 5.91 Å². The SMILES string of the molecule is CN(C)CCNC(=O)c1ccccc1SCc1ccccc1. The Labute approximate surface area is 136 Å². The molecular weight excluding hydrogens is 292 g/mol. The third-order valence-corrected chi connectivity index (χ3v) is 4.36. The second-order valence-corrected chi connectivity index (χ2v) is 6.35. The molecule has 0 aliphatic heterocycles. The van der Waals surface area contributed by atoms with Crippen LogP contribution in [0.15, 0.2) is 59.5 Å². The van der Waals surface area contributed by atoms with Gasteiger partial charge >= 0.3 is 0 Å². The van der Waals surface area contributed by atoms with Crippen LogP contribution >= 0.6 is 11.8 Å². The number of rotatable bonds is 7. The van der Waals surface area contributed by atoms with Gasteiger partial charge in [0.2, 0.25) is 0 Å². The van der Waals surface area contributed by atoms with Gasteiger partial charge in [-0.15, -0.1) is 11.8 Å². The Bertz CT molecular complexity index is 599. The summed E-state index contributed by atoms with van der Waals surface area (Å²) in [6.45, 7) is 1.49. The zero-order valence-electron chi connectivity index (χ0n) is 13.1. The van der Waals surface area contributed by atoms with Crippen LogP contribution in [-0.4, -0.2) is 38.0 Å². The van der Waals surface area contributed by atoms with Gasteiger partial charge < -0.3 is 10.2 Å². The minimum atomic E-state index is -0.00184. The zero-order valence-corrected chi connectivity index (χ0v) is 13.9. The molecule has 116 valence electrons. The van der Waals surface area contributed by atoms with Gasteiger partial charge in [-0.3, -0.25) is 4.79 Å². The number of carbonyl (C=O) groups is 1. The van der Waals surface area contributed by atoms with Crippen LogP contribution in [-0.2, 0) is 5.75 Å². The summed E-state index contributed by atoms with van der Waals surface area (Å²) in [6.07, 6.45) is 0. The molecule has 2 rings (SSSR count). The Hall–Kier alpha value is -1.78. The lowest BCUT2D eigenvalue weighted by molar-refractivity contribution is 0.0948. The van der Waals surface area contributed by atoms with Crippen LogP contribution in [0.1, 0.15) is 15.9 Å². The van der Waals surface area contributed by atoms with Gasteiger partial charge in [-0.25, -0.2) is 0 Å². The molecule has 1 amide bonds. The van der Waals surface area contributed by atoms with Crippen molar-refractivity contribution in [2.75, 3.05) is 27.2 Å². The highest BCUT2D eigenvalue weighted by Crippen LogP contribution is 2.26. The Morgan fingerprint density at radius 2 is 1.73 bits per heavy atom. The van der Waals surface area contributed by atoms with Crippen molar-refractivity contribution in [1.82, 2.24) is 10.2 Å². The van der Waals surface area contributed by atoms with E-state index < -0.39 is 0 Å². The van der Waals surface area contributed by atoms with Gasteiger partial charge in [0.25, 0.3) is 5.91 Å². The van der Waals surface area contributed by atoms with Crippen LogP contribution in [0.3, 0.4) is 0 Å². The van der Waals surface area contributed by atoms with Crippen LogP contribution < -0.4 is 5.32 Å². The highest BCUT2D eigenvalue weighted by molar-refractivity contribution is 7.98. The fourth-order valence-electron chi connectivity index (χ4n) is 2.00. The molecule has 3 nitrogen and oxygen atoms in total. The summed E-state index contributed by atoms with van der Waals surface area (Å²) in [6, 6.07) is 18.1. The summed E-state index contributed by atoms with van der Waals surface area (Å²) in [5.74, 6) is 0.862. The smallest absolute Gasteiger partial charge is 0.252 e. The van der Waals surface area contributed by atoms with Crippen LogP contribution in [0.5, 0.6) is 0 Å². The number of amides is 1. The Kier molecular flexibility index (Phi) is 6.49. The molecular formula is C18H22N2OS. The van der Waals surface area contributed by atoms with E-state index >= 15 is 0 Å². The van der Waals surface area contributed by atoms with E-state index in [0.29, 0.717) is 6.54 Å². The number of hydrogen-bond donors (Lipinski definition) is 1. The summed E-state index contributed by atoms with van der Waals surface area (Å²) in [5.41, 5.74) is 2.01. The van der Waals surface area contributed by atoms with Crippen molar-refractivity contribution in [3.8, 4) is 0 Å². The molecule has 2 aromatic carbocycles. The molecule has 0 bridgehead atoms. The predicted molar refractivity (Wildman–Crippen MR) is 93.3 cm³/mol. The summed E-state index contributed by atoms with van der Waals surface area (Å²) >= 11 is 1.70. The standard InChI is InChI=1S/C18H22N2OS/c1-20(2)13-12-19-18(21)16-10-6-7-11-17(16)22-14-15-8-4-3-5-9-15/h3-11H,12-14H2,1-2H3,(H,19,21). The second kappa shape index (κ2) is 8.61. The van der Waals surface area contributed by atoms with Crippen molar-refractivity contribution < 1.29 is 4.79 Å². The maximum Gasteiger partial charge on any atom is 0.252 e. The Balaban J connectivity index is 1.98. The first kappa shape index (κ1) is 16.6. The molecule has 0 saturated carbocycles. The maximum atomic E-state index is 12.3. The number of benzene rings is 2. The minimum Gasteiger partial charge on any atom is -0.351 e. The van der Waals surface area contributed by atoms with Gasteiger partial charge in [0.05, 0.1) is 5.56 Å². The van der Waals surface area contributed by atoms with Crippen LogP contribution in [0.25, 0.3) is 0 Å². The molecule has 2 aromatic rings. The second-order valence-electron chi connectivity index (χ2n) is 5.33. The third kappa shape index (κ3) is 5.20. The molecule has 0 spiro atoms. The number of nitrogens with zero attached hydrogens (tertiary/aromatic N) is 1. The first-order valence-corrected chi connectivity index (χ1v) is 8.34. The van der Waals surface area contributed by atoms with Crippen molar-refractivity contribution in [2.24, 2.45) is 0 Å². The maximum absolute atomic E-state index is 12.3. The van der Waals surface area contributed by atoms with E-state index in [4.69, 9.17) is 0 Å². The highest BCUT2D eigenvalue weighted by Gasteiger charge is 2.10. The summed E-state index contributed by atoms with van der Waals surface area (Å²) in [7, 11) is 3.99. The highest BCUT2D eigenvalue weighted by atomic mass is 32.2. The van der Waals surface area contributed by atoms with Crippen molar-refractivity contribution in [3.05, 3.63) is 65.7 Å². The molecule has 0 saturated heterocycles. The van der Waals surface area contributed by atoms with Crippen molar-refractivity contribution in [3.63, 3.8) is 0 Å². The molecule has 22 heavy (non-hydrogen) atoms. The molecule has 0 atom stereocenters. The lowest BCUT2D eigenvalue weighted by Gasteiger charge is -2.12. The zero-order chi connectivity index (χ0) is 15.8. The summed E-state index contributed by atoms with van der Waals surface area (Å²) in [4.78, 5) is 15.4. The number of carbonyl (C=O) groups excluding carboxylic acids is 1. The molecule has 0 aliphatic carbocycles.